The minimum Gasteiger partial charge on any atom is -0.393 e. The van der Waals surface area contributed by atoms with Gasteiger partial charge in [-0.2, -0.15) is 0 Å². The molecule has 8 nitrogen and oxygen atoms in total. The molecule has 0 spiro atoms. The first-order chi connectivity index (χ1) is 15.5. The lowest BCUT2D eigenvalue weighted by atomic mass is 9.87. The van der Waals surface area contributed by atoms with Gasteiger partial charge in [0.25, 0.3) is 0 Å². The van der Waals surface area contributed by atoms with Crippen molar-refractivity contribution in [1.29, 1.82) is 0 Å². The van der Waals surface area contributed by atoms with Crippen LogP contribution in [0.1, 0.15) is 36.8 Å². The smallest absolute Gasteiger partial charge is 0.245 e. The molecule has 0 radical (unpaired) electrons. The number of aliphatic imine (C=N–C) groups is 2. The Morgan fingerprint density at radius 2 is 2.03 bits per heavy atom. The van der Waals surface area contributed by atoms with Crippen molar-refractivity contribution >= 4 is 29.6 Å². The predicted molar refractivity (Wildman–Crippen MR) is 121 cm³/mol. The number of benzene rings is 1. The molecule has 32 heavy (non-hydrogen) atoms. The van der Waals surface area contributed by atoms with Gasteiger partial charge in [0, 0.05) is 18.3 Å². The van der Waals surface area contributed by atoms with Crippen LogP contribution in [0.15, 0.2) is 28.3 Å². The van der Waals surface area contributed by atoms with Crippen LogP contribution >= 0.6 is 0 Å². The maximum absolute atomic E-state index is 14.9. The molecule has 5 rings (SSSR count). The highest BCUT2D eigenvalue weighted by Crippen LogP contribution is 2.33. The first-order valence-corrected chi connectivity index (χ1v) is 11.0. The molecule has 1 aromatic carbocycles. The average molecular weight is 436 g/mol. The van der Waals surface area contributed by atoms with Crippen LogP contribution in [-0.4, -0.2) is 58.8 Å². The third-order valence-electron chi connectivity index (χ3n) is 6.31. The van der Waals surface area contributed by atoms with Crippen LogP contribution in [0.25, 0.3) is 11.3 Å². The van der Waals surface area contributed by atoms with E-state index in [0.717, 1.165) is 31.2 Å². The number of aryl methyl sites for hydroxylation is 1. The van der Waals surface area contributed by atoms with Crippen molar-refractivity contribution in [2.45, 2.75) is 38.7 Å². The number of halogens is 1. The average Bonchev–Trinajstić information content (AvgIpc) is 3.31. The fraction of sp³-hybridized carbons (Fsp3) is 0.435. The third kappa shape index (κ3) is 4.00. The zero-order chi connectivity index (χ0) is 22.2. The topological polar surface area (TPSA) is 103 Å². The van der Waals surface area contributed by atoms with Gasteiger partial charge in [-0.15, -0.1) is 0 Å². The molecular weight excluding hydrogens is 411 g/mol. The van der Waals surface area contributed by atoms with Gasteiger partial charge in [0.2, 0.25) is 5.91 Å². The van der Waals surface area contributed by atoms with Gasteiger partial charge in [0.1, 0.15) is 5.82 Å². The predicted octanol–water partition coefficient (Wildman–Crippen LogP) is 2.73. The maximum Gasteiger partial charge on any atom is 0.245 e. The number of aliphatic hydroxyl groups is 1. The molecule has 3 heterocycles. The van der Waals surface area contributed by atoms with Gasteiger partial charge in [-0.1, -0.05) is 0 Å². The molecule has 2 N–H and O–H groups in total. The number of hydrogen-bond donors (Lipinski definition) is 2. The number of carbonyl (C=O) groups excluding carboxylic acids is 1. The Morgan fingerprint density at radius 1 is 1.22 bits per heavy atom. The molecule has 2 aromatic rings. The van der Waals surface area contributed by atoms with Gasteiger partial charge in [-0.25, -0.2) is 19.4 Å². The summed E-state index contributed by atoms with van der Waals surface area (Å²) in [6.45, 7) is 3.24. The second kappa shape index (κ2) is 8.38. The first-order valence-electron chi connectivity index (χ1n) is 11.0. The lowest BCUT2D eigenvalue weighted by Gasteiger charge is -2.34. The lowest BCUT2D eigenvalue weighted by molar-refractivity contribution is -0.115. The number of nitrogens with zero attached hydrogens (tertiary/aromatic N) is 5. The molecule has 1 saturated carbocycles. The highest BCUT2D eigenvalue weighted by molar-refractivity contribution is 6.06. The zero-order valence-electron chi connectivity index (χ0n) is 17.9. The molecule has 3 aliphatic rings. The van der Waals surface area contributed by atoms with E-state index in [1.807, 2.05) is 11.8 Å². The molecule has 0 atom stereocenters. The molecular formula is C23H25FN6O2. The number of aromatic nitrogens is 2. The molecule has 9 heteroatoms. The molecule has 0 unspecified atom stereocenters. The molecule has 0 saturated heterocycles. The molecule has 1 amide bonds. The Hall–Kier alpha value is -3.20. The van der Waals surface area contributed by atoms with Crippen molar-refractivity contribution in [3.05, 3.63) is 35.3 Å². The van der Waals surface area contributed by atoms with E-state index in [1.54, 1.807) is 18.5 Å². The monoisotopic (exact) mass is 436 g/mol. The van der Waals surface area contributed by atoms with Gasteiger partial charge in [0.15, 0.2) is 17.5 Å². The Bertz CT molecular complexity index is 1120. The van der Waals surface area contributed by atoms with Crippen LogP contribution in [-0.2, 0) is 4.79 Å². The Balaban J connectivity index is 1.46. The summed E-state index contributed by atoms with van der Waals surface area (Å²) in [6.07, 6.45) is 6.39. The van der Waals surface area contributed by atoms with Crippen molar-refractivity contribution < 1.29 is 14.3 Å². The van der Waals surface area contributed by atoms with E-state index >= 15 is 0 Å². The van der Waals surface area contributed by atoms with Crippen molar-refractivity contribution in [3.8, 4) is 11.3 Å². The molecule has 2 aliphatic heterocycles. The molecule has 166 valence electrons. The summed E-state index contributed by atoms with van der Waals surface area (Å²) in [5, 5.41) is 12.6. The number of nitrogens with one attached hydrogen (secondary N) is 1. The fourth-order valence-corrected chi connectivity index (χ4v) is 4.61. The summed E-state index contributed by atoms with van der Waals surface area (Å²) in [5.74, 6) is 1.27. The number of amidine groups is 1. The molecule has 1 fully saturated rings. The highest BCUT2D eigenvalue weighted by Gasteiger charge is 2.29. The summed E-state index contributed by atoms with van der Waals surface area (Å²) < 4.78 is 14.9. The molecule has 0 bridgehead atoms. The van der Waals surface area contributed by atoms with Crippen molar-refractivity contribution in [2.24, 2.45) is 15.9 Å². The van der Waals surface area contributed by atoms with E-state index in [1.165, 1.54) is 6.07 Å². The maximum atomic E-state index is 14.9. The van der Waals surface area contributed by atoms with Crippen LogP contribution in [0, 0.1) is 18.7 Å². The van der Waals surface area contributed by atoms with Gasteiger partial charge in [-0.3, -0.25) is 9.79 Å². The lowest BCUT2D eigenvalue weighted by Crippen LogP contribution is -2.42. The van der Waals surface area contributed by atoms with E-state index in [-0.39, 0.29) is 18.6 Å². The minimum absolute atomic E-state index is 0.125. The van der Waals surface area contributed by atoms with Crippen molar-refractivity contribution in [2.75, 3.05) is 29.9 Å². The van der Waals surface area contributed by atoms with Gasteiger partial charge >= 0.3 is 0 Å². The summed E-state index contributed by atoms with van der Waals surface area (Å²) in [5.41, 5.74) is 2.40. The Kier molecular flexibility index (Phi) is 5.42. The van der Waals surface area contributed by atoms with Crippen LogP contribution in [0.2, 0.25) is 0 Å². The van der Waals surface area contributed by atoms with Gasteiger partial charge in [-0.05, 0) is 56.2 Å². The number of anilines is 2. The van der Waals surface area contributed by atoms with E-state index in [2.05, 4.69) is 20.3 Å². The second-order valence-corrected chi connectivity index (χ2v) is 8.65. The number of fused-ring (bicyclic) bond motifs is 1. The van der Waals surface area contributed by atoms with Crippen LogP contribution in [0.3, 0.4) is 0 Å². The normalized spacial score (nSPS) is 22.5. The van der Waals surface area contributed by atoms with Crippen LogP contribution < -0.4 is 10.2 Å². The summed E-state index contributed by atoms with van der Waals surface area (Å²) >= 11 is 0. The van der Waals surface area contributed by atoms with E-state index < -0.39 is 5.82 Å². The fourth-order valence-electron chi connectivity index (χ4n) is 4.61. The highest BCUT2D eigenvalue weighted by atomic mass is 19.1. The first kappa shape index (κ1) is 20.7. The quantitative estimate of drug-likeness (QED) is 0.767. The number of hydrogen-bond acceptors (Lipinski definition) is 7. The van der Waals surface area contributed by atoms with E-state index in [9.17, 15) is 14.3 Å². The number of rotatable bonds is 4. The Morgan fingerprint density at radius 3 is 2.78 bits per heavy atom. The SMILES string of the molecule is Cc1cc(C2=NCC=N2)c(F)cc1-c1cnc2c(n1)N(CC1CCC(O)CC1)CC(=O)N2. The molecule has 1 aromatic heterocycles. The minimum atomic E-state index is -0.408. The largest absolute Gasteiger partial charge is 0.393 e. The Labute approximate surface area is 185 Å². The summed E-state index contributed by atoms with van der Waals surface area (Å²) in [4.78, 5) is 31.7. The van der Waals surface area contributed by atoms with E-state index in [4.69, 9.17) is 4.98 Å². The van der Waals surface area contributed by atoms with Crippen molar-refractivity contribution in [1.82, 2.24) is 9.97 Å². The van der Waals surface area contributed by atoms with Gasteiger partial charge < -0.3 is 15.3 Å². The van der Waals surface area contributed by atoms with Crippen LogP contribution in [0.5, 0.6) is 0 Å². The number of carbonyl (C=O) groups is 1. The summed E-state index contributed by atoms with van der Waals surface area (Å²) in [7, 11) is 0. The van der Waals surface area contributed by atoms with Crippen molar-refractivity contribution in [3.63, 3.8) is 0 Å². The number of amides is 1. The third-order valence-corrected chi connectivity index (χ3v) is 6.31. The number of aliphatic hydroxyl groups excluding tert-OH is 1. The molecule has 1 aliphatic carbocycles. The van der Waals surface area contributed by atoms with Gasteiger partial charge in [0.05, 0.1) is 36.6 Å². The van der Waals surface area contributed by atoms with E-state index in [0.29, 0.717) is 53.3 Å². The second-order valence-electron chi connectivity index (χ2n) is 8.65. The zero-order valence-corrected chi connectivity index (χ0v) is 17.9. The standard InChI is InChI=1S/C23H25FN6O2/c1-13-8-17(21-25-6-7-26-21)18(24)9-16(13)19-10-27-22-23(28-19)30(12-20(32)29-22)11-14-2-4-15(31)5-3-14/h6,8-10,14-15,31H,2-5,7,11-12H2,1H3,(H,27,29,32). The summed E-state index contributed by atoms with van der Waals surface area (Å²) in [6, 6.07) is 3.19. The van der Waals surface area contributed by atoms with Crippen LogP contribution in [0.4, 0.5) is 16.0 Å².